The number of nitrogens with zero attached hydrogens (tertiary/aromatic N) is 2. The van der Waals surface area contributed by atoms with Crippen LogP contribution in [0.3, 0.4) is 0 Å². The van der Waals surface area contributed by atoms with Crippen LogP contribution in [0.25, 0.3) is 0 Å². The molecule has 27 heavy (non-hydrogen) atoms. The Balaban J connectivity index is 1.82. The molecule has 0 unspecified atom stereocenters. The van der Waals surface area contributed by atoms with Crippen molar-refractivity contribution in [1.82, 2.24) is 4.90 Å². The molecule has 0 fully saturated rings. The number of hydrogen-bond acceptors (Lipinski definition) is 3. The van der Waals surface area contributed by atoms with Crippen molar-refractivity contribution in [2.45, 2.75) is 13.0 Å². The van der Waals surface area contributed by atoms with Crippen molar-refractivity contribution in [3.8, 4) is 0 Å². The predicted molar refractivity (Wildman–Crippen MR) is 104 cm³/mol. The van der Waals surface area contributed by atoms with E-state index in [0.717, 1.165) is 11.1 Å². The van der Waals surface area contributed by atoms with Gasteiger partial charge in [-0.25, -0.2) is 0 Å². The van der Waals surface area contributed by atoms with Crippen molar-refractivity contribution in [2.75, 3.05) is 6.54 Å². The van der Waals surface area contributed by atoms with Crippen LogP contribution in [0.2, 0.25) is 0 Å². The average Bonchev–Trinajstić information content (AvgIpc) is 2.72. The molecule has 0 aliphatic rings. The number of hydrogen-bond donors (Lipinski definition) is 0. The van der Waals surface area contributed by atoms with E-state index in [4.69, 9.17) is 0 Å². The number of nitro benzene ring substituents is 1. The van der Waals surface area contributed by atoms with Crippen molar-refractivity contribution < 1.29 is 9.72 Å². The van der Waals surface area contributed by atoms with E-state index in [1.165, 1.54) is 12.1 Å². The van der Waals surface area contributed by atoms with Gasteiger partial charge in [0.1, 0.15) is 0 Å². The topological polar surface area (TPSA) is 63.4 Å². The van der Waals surface area contributed by atoms with Crippen LogP contribution in [-0.4, -0.2) is 22.3 Å². The second-order valence-electron chi connectivity index (χ2n) is 6.26. The summed E-state index contributed by atoms with van der Waals surface area (Å²) in [7, 11) is 0. The fraction of sp³-hybridized carbons (Fsp3) is 0.136. The number of carbonyl (C=O) groups is 1. The molecule has 0 atom stereocenters. The van der Waals surface area contributed by atoms with Crippen molar-refractivity contribution in [1.29, 1.82) is 0 Å². The third-order valence-electron chi connectivity index (χ3n) is 4.32. The van der Waals surface area contributed by atoms with Crippen LogP contribution in [0.1, 0.15) is 21.5 Å². The van der Waals surface area contributed by atoms with E-state index in [1.54, 1.807) is 17.0 Å². The van der Waals surface area contributed by atoms with Crippen LogP contribution in [-0.2, 0) is 13.0 Å². The smallest absolute Gasteiger partial charge is 0.270 e. The summed E-state index contributed by atoms with van der Waals surface area (Å²) in [5.74, 6) is -0.210. The first-order valence-corrected chi connectivity index (χ1v) is 8.75. The predicted octanol–water partition coefficient (Wildman–Crippen LogP) is 4.48. The Bertz CT molecular complexity index is 911. The number of non-ortho nitro benzene ring substituents is 1. The monoisotopic (exact) mass is 360 g/mol. The molecule has 0 N–H and O–H groups in total. The average molecular weight is 360 g/mol. The molecule has 0 saturated heterocycles. The Morgan fingerprint density at radius 2 is 1.48 bits per heavy atom. The third kappa shape index (κ3) is 5.01. The van der Waals surface area contributed by atoms with Gasteiger partial charge in [-0.1, -0.05) is 66.7 Å². The Kier molecular flexibility index (Phi) is 5.94. The first-order valence-electron chi connectivity index (χ1n) is 8.75. The minimum Gasteiger partial charge on any atom is -0.334 e. The lowest BCUT2D eigenvalue weighted by Crippen LogP contribution is -2.32. The summed E-state index contributed by atoms with van der Waals surface area (Å²) in [6.07, 6.45) is 0.717. The summed E-state index contributed by atoms with van der Waals surface area (Å²) in [5.41, 5.74) is 2.41. The first-order chi connectivity index (χ1) is 13.1. The second-order valence-corrected chi connectivity index (χ2v) is 6.26. The number of rotatable bonds is 7. The zero-order valence-corrected chi connectivity index (χ0v) is 14.8. The molecule has 0 saturated carbocycles. The van der Waals surface area contributed by atoms with Crippen molar-refractivity contribution in [3.05, 3.63) is 112 Å². The molecule has 5 nitrogen and oxygen atoms in total. The highest BCUT2D eigenvalue weighted by Gasteiger charge is 2.18. The van der Waals surface area contributed by atoms with E-state index in [2.05, 4.69) is 0 Å². The number of carbonyl (C=O) groups excluding carboxylic acids is 1. The van der Waals surface area contributed by atoms with Gasteiger partial charge in [-0.3, -0.25) is 14.9 Å². The molecule has 3 rings (SSSR count). The number of nitro groups is 1. The number of benzene rings is 3. The van der Waals surface area contributed by atoms with E-state index >= 15 is 0 Å². The standard InChI is InChI=1S/C22H20N2O3/c25-22(20-12-7-13-21(16-20)24(26)27)23(17-19-10-5-2-6-11-19)15-14-18-8-3-1-4-9-18/h1-13,16H,14-15,17H2. The normalized spacial score (nSPS) is 10.4. The van der Waals surface area contributed by atoms with Crippen LogP contribution < -0.4 is 0 Å². The van der Waals surface area contributed by atoms with Crippen LogP contribution in [0.5, 0.6) is 0 Å². The van der Waals surface area contributed by atoms with E-state index in [9.17, 15) is 14.9 Å². The second kappa shape index (κ2) is 8.76. The summed E-state index contributed by atoms with van der Waals surface area (Å²) in [4.78, 5) is 25.3. The van der Waals surface area contributed by atoms with Crippen LogP contribution in [0, 0.1) is 10.1 Å². The van der Waals surface area contributed by atoms with E-state index in [1.807, 2.05) is 60.7 Å². The van der Waals surface area contributed by atoms with Gasteiger partial charge < -0.3 is 4.90 Å². The summed E-state index contributed by atoms with van der Waals surface area (Å²) >= 11 is 0. The van der Waals surface area contributed by atoms with Gasteiger partial charge in [0, 0.05) is 30.8 Å². The highest BCUT2D eigenvalue weighted by atomic mass is 16.6. The largest absolute Gasteiger partial charge is 0.334 e. The molecule has 0 aliphatic carbocycles. The lowest BCUT2D eigenvalue weighted by Gasteiger charge is -2.23. The van der Waals surface area contributed by atoms with Gasteiger partial charge in [0.15, 0.2) is 0 Å². The SMILES string of the molecule is O=C(c1cccc([N+](=O)[O-])c1)N(CCc1ccccc1)Cc1ccccc1. The summed E-state index contributed by atoms with van der Waals surface area (Å²) in [5, 5.41) is 11.0. The molecule has 3 aromatic carbocycles. The lowest BCUT2D eigenvalue weighted by atomic mass is 10.1. The first kappa shape index (κ1) is 18.3. The fourth-order valence-electron chi connectivity index (χ4n) is 2.90. The highest BCUT2D eigenvalue weighted by molar-refractivity contribution is 5.94. The Labute approximate surface area is 158 Å². The van der Waals surface area contributed by atoms with Gasteiger partial charge in [-0.15, -0.1) is 0 Å². The maximum atomic E-state index is 13.0. The molecular formula is C22H20N2O3. The van der Waals surface area contributed by atoms with Gasteiger partial charge in [0.05, 0.1) is 4.92 Å². The van der Waals surface area contributed by atoms with Gasteiger partial charge in [0.2, 0.25) is 0 Å². The maximum absolute atomic E-state index is 13.0. The maximum Gasteiger partial charge on any atom is 0.270 e. The third-order valence-corrected chi connectivity index (χ3v) is 4.32. The Hall–Kier alpha value is -3.47. The highest BCUT2D eigenvalue weighted by Crippen LogP contribution is 2.17. The molecule has 0 spiro atoms. The van der Waals surface area contributed by atoms with Gasteiger partial charge >= 0.3 is 0 Å². The molecule has 5 heteroatoms. The lowest BCUT2D eigenvalue weighted by molar-refractivity contribution is -0.384. The van der Waals surface area contributed by atoms with Gasteiger partial charge in [-0.2, -0.15) is 0 Å². The summed E-state index contributed by atoms with van der Waals surface area (Å²) in [6, 6.07) is 25.6. The van der Waals surface area contributed by atoms with Crippen LogP contribution in [0.15, 0.2) is 84.9 Å². The molecule has 0 heterocycles. The van der Waals surface area contributed by atoms with E-state index in [-0.39, 0.29) is 11.6 Å². The van der Waals surface area contributed by atoms with Crippen LogP contribution in [0.4, 0.5) is 5.69 Å². The Morgan fingerprint density at radius 3 is 2.11 bits per heavy atom. The molecule has 1 amide bonds. The molecule has 3 aromatic rings. The fourth-order valence-corrected chi connectivity index (χ4v) is 2.90. The van der Waals surface area contributed by atoms with E-state index in [0.29, 0.717) is 25.1 Å². The molecule has 0 aliphatic heterocycles. The molecule has 0 bridgehead atoms. The quantitative estimate of drug-likeness (QED) is 0.461. The molecular weight excluding hydrogens is 340 g/mol. The zero-order valence-electron chi connectivity index (χ0n) is 14.8. The zero-order chi connectivity index (χ0) is 19.1. The minimum absolute atomic E-state index is 0.0800. The summed E-state index contributed by atoms with van der Waals surface area (Å²) in [6.45, 7) is 0.982. The van der Waals surface area contributed by atoms with Crippen molar-refractivity contribution in [2.24, 2.45) is 0 Å². The van der Waals surface area contributed by atoms with Crippen LogP contribution >= 0.6 is 0 Å². The summed E-state index contributed by atoms with van der Waals surface area (Å²) < 4.78 is 0. The van der Waals surface area contributed by atoms with Crippen molar-refractivity contribution in [3.63, 3.8) is 0 Å². The molecule has 0 aromatic heterocycles. The molecule has 136 valence electrons. The van der Waals surface area contributed by atoms with Crippen molar-refractivity contribution >= 4 is 11.6 Å². The molecule has 0 radical (unpaired) electrons. The Morgan fingerprint density at radius 1 is 0.852 bits per heavy atom. The van der Waals surface area contributed by atoms with Gasteiger partial charge in [-0.05, 0) is 23.6 Å². The van der Waals surface area contributed by atoms with Gasteiger partial charge in [0.25, 0.3) is 11.6 Å². The van der Waals surface area contributed by atoms with E-state index < -0.39 is 4.92 Å². The number of amides is 1. The minimum atomic E-state index is -0.484.